The highest BCUT2D eigenvalue weighted by atomic mass is 16.5. The maximum atomic E-state index is 12.8. The molecule has 0 saturated carbocycles. The summed E-state index contributed by atoms with van der Waals surface area (Å²) in [5.74, 6) is 1.45. The third-order valence-corrected chi connectivity index (χ3v) is 6.25. The molecule has 5 heteroatoms. The molecule has 0 aromatic rings. The van der Waals surface area contributed by atoms with Crippen molar-refractivity contribution in [3.63, 3.8) is 0 Å². The summed E-state index contributed by atoms with van der Waals surface area (Å²) in [6.07, 6.45) is 6.36. The first-order valence-electron chi connectivity index (χ1n) is 10.4. The quantitative estimate of drug-likeness (QED) is 0.843. The number of ether oxygens (including phenoxy) is 1. The van der Waals surface area contributed by atoms with E-state index < -0.39 is 0 Å². The molecular formula is C20H37N3O2. The first kappa shape index (κ1) is 19.1. The van der Waals surface area contributed by atoms with Crippen LogP contribution in [0.3, 0.4) is 0 Å². The molecule has 3 rings (SSSR count). The van der Waals surface area contributed by atoms with E-state index in [9.17, 15) is 4.79 Å². The smallest absolute Gasteiger partial charge is 0.225 e. The van der Waals surface area contributed by atoms with Crippen molar-refractivity contribution in [2.24, 2.45) is 11.8 Å². The molecule has 3 fully saturated rings. The normalized spacial score (nSPS) is 35.7. The van der Waals surface area contributed by atoms with Crippen LogP contribution < -0.4 is 5.32 Å². The zero-order valence-corrected chi connectivity index (χ0v) is 16.4. The van der Waals surface area contributed by atoms with E-state index in [2.05, 4.69) is 35.9 Å². The van der Waals surface area contributed by atoms with Gasteiger partial charge in [-0.3, -0.25) is 9.69 Å². The van der Waals surface area contributed by atoms with Crippen molar-refractivity contribution in [1.29, 1.82) is 0 Å². The third-order valence-electron chi connectivity index (χ3n) is 6.25. The lowest BCUT2D eigenvalue weighted by molar-refractivity contribution is -0.138. The maximum absolute atomic E-state index is 12.8. The van der Waals surface area contributed by atoms with Crippen LogP contribution in [0.25, 0.3) is 0 Å². The highest BCUT2D eigenvalue weighted by molar-refractivity contribution is 5.79. The van der Waals surface area contributed by atoms with Crippen LogP contribution in [-0.2, 0) is 9.53 Å². The average Bonchev–Trinajstić information content (AvgIpc) is 2.59. The van der Waals surface area contributed by atoms with E-state index in [0.717, 1.165) is 51.5 Å². The van der Waals surface area contributed by atoms with E-state index in [4.69, 9.17) is 4.74 Å². The van der Waals surface area contributed by atoms with E-state index in [0.29, 0.717) is 24.2 Å². The minimum atomic E-state index is 0.254. The number of amides is 1. The number of carbonyl (C=O) groups is 1. The van der Waals surface area contributed by atoms with Gasteiger partial charge in [0.15, 0.2) is 0 Å². The molecule has 3 saturated heterocycles. The van der Waals surface area contributed by atoms with Crippen molar-refractivity contribution in [3.8, 4) is 0 Å². The molecule has 3 aliphatic heterocycles. The Balaban J connectivity index is 1.37. The second kappa shape index (κ2) is 8.83. The summed E-state index contributed by atoms with van der Waals surface area (Å²) in [6.45, 7) is 12.8. The molecular weight excluding hydrogens is 314 g/mol. The Morgan fingerprint density at radius 1 is 1.08 bits per heavy atom. The number of nitrogens with zero attached hydrogens (tertiary/aromatic N) is 2. The van der Waals surface area contributed by atoms with Crippen molar-refractivity contribution in [2.75, 3.05) is 39.3 Å². The predicted octanol–water partition coefficient (Wildman–Crippen LogP) is 2.11. The lowest BCUT2D eigenvalue weighted by Gasteiger charge is -2.38. The summed E-state index contributed by atoms with van der Waals surface area (Å²) in [6, 6.07) is 0.485. The molecule has 0 spiro atoms. The number of morpholine rings is 1. The number of nitrogens with one attached hydrogen (secondary N) is 1. The van der Waals surface area contributed by atoms with Crippen LogP contribution in [0.15, 0.2) is 0 Å². The molecule has 0 radical (unpaired) electrons. The topological polar surface area (TPSA) is 44.8 Å². The summed E-state index contributed by atoms with van der Waals surface area (Å²) in [5.41, 5.74) is 0. The predicted molar refractivity (Wildman–Crippen MR) is 101 cm³/mol. The van der Waals surface area contributed by atoms with Crippen molar-refractivity contribution in [3.05, 3.63) is 0 Å². The van der Waals surface area contributed by atoms with Gasteiger partial charge >= 0.3 is 0 Å². The van der Waals surface area contributed by atoms with E-state index in [1.165, 1.54) is 25.8 Å². The molecule has 2 unspecified atom stereocenters. The van der Waals surface area contributed by atoms with Crippen LogP contribution in [0.2, 0.25) is 0 Å². The molecule has 3 heterocycles. The van der Waals surface area contributed by atoms with Crippen molar-refractivity contribution < 1.29 is 9.53 Å². The summed E-state index contributed by atoms with van der Waals surface area (Å²) < 4.78 is 5.82. The first-order valence-corrected chi connectivity index (χ1v) is 10.4. The fraction of sp³-hybridized carbons (Fsp3) is 0.950. The number of likely N-dealkylation sites (tertiary alicyclic amines) is 1. The Morgan fingerprint density at radius 2 is 1.76 bits per heavy atom. The van der Waals surface area contributed by atoms with E-state index in [1.54, 1.807) is 0 Å². The SMILES string of the molecule is CC1CN(CCC2CCN(C(=O)[C@H]3CCN[C@@H](C)C3)CC2)CC(C)O1. The van der Waals surface area contributed by atoms with Gasteiger partial charge < -0.3 is 15.0 Å². The third kappa shape index (κ3) is 5.41. The summed E-state index contributed by atoms with van der Waals surface area (Å²) in [5, 5.41) is 3.45. The summed E-state index contributed by atoms with van der Waals surface area (Å²) >= 11 is 0. The molecule has 144 valence electrons. The van der Waals surface area contributed by atoms with Crippen LogP contribution in [0.4, 0.5) is 0 Å². The minimum Gasteiger partial charge on any atom is -0.373 e. The van der Waals surface area contributed by atoms with Gasteiger partial charge in [0.25, 0.3) is 0 Å². The standard InChI is InChI=1S/C20H37N3O2/c1-15-12-19(4-8-21-15)20(24)23-10-6-18(7-11-23)5-9-22-13-16(2)25-17(3)14-22/h15-19,21H,4-14H2,1-3H3/t15-,16?,17?,19-/m0/s1. The molecule has 0 aliphatic carbocycles. The number of carbonyl (C=O) groups excluding carboxylic acids is 1. The first-order chi connectivity index (χ1) is 12.0. The van der Waals surface area contributed by atoms with Gasteiger partial charge in [0, 0.05) is 38.1 Å². The number of rotatable bonds is 4. The highest BCUT2D eigenvalue weighted by Crippen LogP contribution is 2.25. The average molecular weight is 352 g/mol. The van der Waals surface area contributed by atoms with Crippen molar-refractivity contribution in [1.82, 2.24) is 15.1 Å². The molecule has 25 heavy (non-hydrogen) atoms. The Bertz CT molecular complexity index is 427. The molecule has 3 aliphatic rings. The second-order valence-corrected chi connectivity index (χ2v) is 8.65. The zero-order chi connectivity index (χ0) is 17.8. The maximum Gasteiger partial charge on any atom is 0.225 e. The Morgan fingerprint density at radius 3 is 2.40 bits per heavy atom. The summed E-state index contributed by atoms with van der Waals surface area (Å²) in [7, 11) is 0. The molecule has 0 bridgehead atoms. The lowest BCUT2D eigenvalue weighted by Crippen LogP contribution is -2.47. The monoisotopic (exact) mass is 351 g/mol. The van der Waals surface area contributed by atoms with Crippen LogP contribution in [-0.4, -0.2) is 73.2 Å². The minimum absolute atomic E-state index is 0.254. The molecule has 4 atom stereocenters. The number of hydrogen-bond donors (Lipinski definition) is 1. The number of hydrogen-bond acceptors (Lipinski definition) is 4. The van der Waals surface area contributed by atoms with Crippen LogP contribution >= 0.6 is 0 Å². The lowest BCUT2D eigenvalue weighted by atomic mass is 9.89. The van der Waals surface area contributed by atoms with E-state index >= 15 is 0 Å². The van der Waals surface area contributed by atoms with Crippen molar-refractivity contribution >= 4 is 5.91 Å². The van der Waals surface area contributed by atoms with Crippen LogP contribution in [0.5, 0.6) is 0 Å². The van der Waals surface area contributed by atoms with Gasteiger partial charge in [0.1, 0.15) is 0 Å². The van der Waals surface area contributed by atoms with Gasteiger partial charge in [-0.15, -0.1) is 0 Å². The summed E-state index contributed by atoms with van der Waals surface area (Å²) in [4.78, 5) is 17.5. The zero-order valence-electron chi connectivity index (χ0n) is 16.4. The largest absolute Gasteiger partial charge is 0.373 e. The highest BCUT2D eigenvalue weighted by Gasteiger charge is 2.31. The Kier molecular flexibility index (Phi) is 6.75. The van der Waals surface area contributed by atoms with Gasteiger partial charge in [0.05, 0.1) is 12.2 Å². The van der Waals surface area contributed by atoms with Crippen LogP contribution in [0.1, 0.15) is 52.9 Å². The van der Waals surface area contributed by atoms with Crippen molar-refractivity contribution in [2.45, 2.75) is 71.1 Å². The second-order valence-electron chi connectivity index (χ2n) is 8.65. The fourth-order valence-corrected chi connectivity index (χ4v) is 4.89. The van der Waals surface area contributed by atoms with Crippen LogP contribution in [0, 0.1) is 11.8 Å². The molecule has 1 amide bonds. The Labute approximate surface area is 153 Å². The molecule has 5 nitrogen and oxygen atoms in total. The van der Waals surface area contributed by atoms with Gasteiger partial charge in [-0.25, -0.2) is 0 Å². The van der Waals surface area contributed by atoms with E-state index in [-0.39, 0.29) is 5.92 Å². The van der Waals surface area contributed by atoms with Gasteiger partial charge in [-0.05, 0) is 71.9 Å². The number of piperidine rings is 2. The van der Waals surface area contributed by atoms with E-state index in [1.807, 2.05) is 0 Å². The molecule has 0 aromatic heterocycles. The Hall–Kier alpha value is -0.650. The molecule has 1 N–H and O–H groups in total. The van der Waals surface area contributed by atoms with Gasteiger partial charge in [0.2, 0.25) is 5.91 Å². The fourth-order valence-electron chi connectivity index (χ4n) is 4.89. The van der Waals surface area contributed by atoms with Gasteiger partial charge in [-0.1, -0.05) is 0 Å². The molecule has 0 aromatic carbocycles. The van der Waals surface area contributed by atoms with Gasteiger partial charge in [-0.2, -0.15) is 0 Å².